The average Bonchev–Trinajstić information content (AvgIpc) is 3.37. The SMILES string of the molecule is Cc1nn(C(c2ccc(F)cc2)C(C)(F)F)cc1-c1cncc(-c2ccn3nc(N)nc3c2F)n1. The summed E-state index contributed by atoms with van der Waals surface area (Å²) in [5.41, 5.74) is 7.15. The quantitative estimate of drug-likeness (QED) is 0.371. The van der Waals surface area contributed by atoms with Gasteiger partial charge in [-0.15, -0.1) is 5.10 Å². The third kappa shape index (κ3) is 4.07. The van der Waals surface area contributed by atoms with Crippen LogP contribution in [-0.2, 0) is 0 Å². The van der Waals surface area contributed by atoms with Gasteiger partial charge in [-0.05, 0) is 30.7 Å². The monoisotopic (exact) mass is 482 g/mol. The van der Waals surface area contributed by atoms with Crippen molar-refractivity contribution < 1.29 is 17.6 Å². The number of alkyl halides is 2. The van der Waals surface area contributed by atoms with Gasteiger partial charge in [0.2, 0.25) is 5.95 Å². The van der Waals surface area contributed by atoms with Gasteiger partial charge >= 0.3 is 0 Å². The molecule has 1 aromatic carbocycles. The maximum absolute atomic E-state index is 15.1. The van der Waals surface area contributed by atoms with Gasteiger partial charge in [-0.2, -0.15) is 10.1 Å². The number of aromatic nitrogens is 7. The summed E-state index contributed by atoms with van der Waals surface area (Å²) in [5.74, 6) is -4.50. The zero-order chi connectivity index (χ0) is 24.9. The molecule has 0 aliphatic carbocycles. The summed E-state index contributed by atoms with van der Waals surface area (Å²) in [6.07, 6.45) is 5.72. The van der Waals surface area contributed by atoms with Gasteiger partial charge < -0.3 is 5.73 Å². The van der Waals surface area contributed by atoms with Crippen molar-refractivity contribution >= 4 is 11.6 Å². The molecule has 0 aliphatic heterocycles. The minimum Gasteiger partial charge on any atom is -0.366 e. The smallest absolute Gasteiger partial charge is 0.271 e. The first kappa shape index (κ1) is 22.4. The highest BCUT2D eigenvalue weighted by Crippen LogP contribution is 2.36. The molecule has 1 atom stereocenters. The summed E-state index contributed by atoms with van der Waals surface area (Å²) < 4.78 is 60.0. The third-order valence-corrected chi connectivity index (χ3v) is 5.50. The molecule has 1 unspecified atom stereocenters. The van der Waals surface area contributed by atoms with E-state index in [1.54, 1.807) is 6.92 Å². The van der Waals surface area contributed by atoms with Crippen molar-refractivity contribution in [1.82, 2.24) is 34.3 Å². The molecule has 4 heterocycles. The first-order valence-electron chi connectivity index (χ1n) is 10.4. The maximum Gasteiger partial charge on any atom is 0.271 e. The number of hydrogen-bond acceptors (Lipinski definition) is 6. The summed E-state index contributed by atoms with van der Waals surface area (Å²) in [4.78, 5) is 12.5. The van der Waals surface area contributed by atoms with Crippen molar-refractivity contribution in [3.05, 3.63) is 78.0 Å². The fourth-order valence-electron chi connectivity index (χ4n) is 3.94. The van der Waals surface area contributed by atoms with E-state index in [1.807, 2.05) is 0 Å². The average molecular weight is 482 g/mol. The number of rotatable bonds is 5. The Morgan fingerprint density at radius 2 is 1.63 bits per heavy atom. The van der Waals surface area contributed by atoms with Crippen LogP contribution in [0.2, 0.25) is 0 Å². The molecule has 178 valence electrons. The lowest BCUT2D eigenvalue weighted by Gasteiger charge is -2.24. The fourth-order valence-corrected chi connectivity index (χ4v) is 3.94. The number of pyridine rings is 1. The Labute approximate surface area is 196 Å². The number of fused-ring (bicyclic) bond motifs is 1. The van der Waals surface area contributed by atoms with Gasteiger partial charge in [0, 0.05) is 30.4 Å². The molecule has 5 rings (SSSR count). The van der Waals surface area contributed by atoms with E-state index in [2.05, 4.69) is 25.1 Å². The van der Waals surface area contributed by atoms with Crippen LogP contribution < -0.4 is 5.73 Å². The zero-order valence-electron chi connectivity index (χ0n) is 18.5. The molecule has 0 saturated heterocycles. The predicted molar refractivity (Wildman–Crippen MR) is 120 cm³/mol. The van der Waals surface area contributed by atoms with Crippen LogP contribution in [0, 0.1) is 18.6 Å². The molecule has 0 fully saturated rings. The number of benzene rings is 1. The second kappa shape index (κ2) is 8.15. The molecule has 5 aromatic rings. The highest BCUT2D eigenvalue weighted by atomic mass is 19.3. The summed E-state index contributed by atoms with van der Waals surface area (Å²) >= 11 is 0. The fraction of sp³-hybridized carbons (Fsp3) is 0.174. The molecule has 4 aromatic heterocycles. The molecule has 0 amide bonds. The topological polar surface area (TPSA) is 99.8 Å². The van der Waals surface area contributed by atoms with Crippen molar-refractivity contribution in [2.75, 3.05) is 5.73 Å². The predicted octanol–water partition coefficient (Wildman–Crippen LogP) is 4.46. The van der Waals surface area contributed by atoms with E-state index >= 15 is 4.39 Å². The molecule has 35 heavy (non-hydrogen) atoms. The van der Waals surface area contributed by atoms with E-state index in [9.17, 15) is 13.2 Å². The zero-order valence-corrected chi connectivity index (χ0v) is 18.5. The molecule has 2 N–H and O–H groups in total. The van der Waals surface area contributed by atoms with Gasteiger partial charge in [0.25, 0.3) is 5.92 Å². The van der Waals surface area contributed by atoms with Gasteiger partial charge in [0.1, 0.15) is 11.9 Å². The summed E-state index contributed by atoms with van der Waals surface area (Å²) in [6, 6.07) is 4.81. The van der Waals surface area contributed by atoms with Crippen LogP contribution >= 0.6 is 0 Å². The minimum absolute atomic E-state index is 0.0662. The Kier molecular flexibility index (Phi) is 5.23. The van der Waals surface area contributed by atoms with Crippen molar-refractivity contribution in [2.45, 2.75) is 25.8 Å². The van der Waals surface area contributed by atoms with Crippen molar-refractivity contribution in [3.63, 3.8) is 0 Å². The molecule has 0 spiro atoms. The van der Waals surface area contributed by atoms with Gasteiger partial charge in [-0.25, -0.2) is 27.1 Å². The molecule has 0 bridgehead atoms. The van der Waals surface area contributed by atoms with E-state index in [-0.39, 0.29) is 28.4 Å². The molecule has 12 heteroatoms. The van der Waals surface area contributed by atoms with Crippen LogP contribution in [0.1, 0.15) is 24.2 Å². The summed E-state index contributed by atoms with van der Waals surface area (Å²) in [5, 5.41) is 8.15. The van der Waals surface area contributed by atoms with E-state index in [1.165, 1.54) is 47.5 Å². The second-order valence-corrected chi connectivity index (χ2v) is 8.09. The maximum atomic E-state index is 15.1. The second-order valence-electron chi connectivity index (χ2n) is 8.09. The highest BCUT2D eigenvalue weighted by Gasteiger charge is 2.38. The third-order valence-electron chi connectivity index (χ3n) is 5.50. The Morgan fingerprint density at radius 1 is 0.943 bits per heavy atom. The summed E-state index contributed by atoms with van der Waals surface area (Å²) in [6.45, 7) is 2.41. The van der Waals surface area contributed by atoms with Crippen molar-refractivity contribution in [3.8, 4) is 22.5 Å². The largest absolute Gasteiger partial charge is 0.366 e. The van der Waals surface area contributed by atoms with Gasteiger partial charge in [0.05, 0.1) is 29.5 Å². The number of halogens is 4. The van der Waals surface area contributed by atoms with Crippen LogP contribution in [0.3, 0.4) is 0 Å². The number of hydrogen-bond donors (Lipinski definition) is 1. The first-order chi connectivity index (χ1) is 16.6. The molecular weight excluding hydrogens is 464 g/mol. The standard InChI is InChI=1S/C23H18F4N8/c1-12-16(11-35(32-12)20(23(2,26)27)13-3-5-14(24)6-4-13)18-10-29-9-17(30-18)15-7-8-34-21(19(15)25)31-22(28)33-34/h3-11,20H,1-2H3,(H2,28,33). The number of nitrogen functional groups attached to an aromatic ring is 1. The van der Waals surface area contributed by atoms with Crippen LogP contribution in [-0.4, -0.2) is 40.3 Å². The minimum atomic E-state index is -3.21. The van der Waals surface area contributed by atoms with Crippen LogP contribution in [0.25, 0.3) is 28.2 Å². The lowest BCUT2D eigenvalue weighted by molar-refractivity contribution is -0.0217. The lowest BCUT2D eigenvalue weighted by Crippen LogP contribution is -2.29. The molecular formula is C23H18F4N8. The van der Waals surface area contributed by atoms with Crippen molar-refractivity contribution in [1.29, 1.82) is 0 Å². The van der Waals surface area contributed by atoms with Crippen LogP contribution in [0.4, 0.5) is 23.5 Å². The Morgan fingerprint density at radius 3 is 2.31 bits per heavy atom. The number of anilines is 1. The lowest BCUT2D eigenvalue weighted by atomic mass is 10.0. The van der Waals surface area contributed by atoms with Gasteiger partial charge in [-0.1, -0.05) is 12.1 Å². The van der Waals surface area contributed by atoms with E-state index < -0.39 is 23.6 Å². The van der Waals surface area contributed by atoms with Gasteiger partial charge in [-0.3, -0.25) is 9.67 Å². The molecule has 0 aliphatic rings. The number of aryl methyl sites for hydroxylation is 1. The van der Waals surface area contributed by atoms with Crippen molar-refractivity contribution in [2.24, 2.45) is 0 Å². The molecule has 8 nitrogen and oxygen atoms in total. The number of nitrogens with two attached hydrogens (primary N) is 1. The Bertz CT molecular complexity index is 1540. The van der Waals surface area contributed by atoms with E-state index in [4.69, 9.17) is 5.73 Å². The normalized spacial score (nSPS) is 12.9. The van der Waals surface area contributed by atoms with Crippen LogP contribution in [0.5, 0.6) is 0 Å². The molecule has 0 saturated carbocycles. The molecule has 0 radical (unpaired) electrons. The van der Waals surface area contributed by atoms with E-state index in [0.29, 0.717) is 17.0 Å². The highest BCUT2D eigenvalue weighted by molar-refractivity contribution is 5.69. The Balaban J connectivity index is 1.57. The first-order valence-corrected chi connectivity index (χ1v) is 10.4. The van der Waals surface area contributed by atoms with Crippen LogP contribution in [0.15, 0.2) is 55.1 Å². The summed E-state index contributed by atoms with van der Waals surface area (Å²) in [7, 11) is 0. The van der Waals surface area contributed by atoms with E-state index in [0.717, 1.165) is 23.7 Å². The van der Waals surface area contributed by atoms with Gasteiger partial charge in [0.15, 0.2) is 11.5 Å². The number of nitrogens with zero attached hydrogens (tertiary/aromatic N) is 7. The Hall–Kier alpha value is -4.35.